The minimum absolute atomic E-state index is 0.206. The van der Waals surface area contributed by atoms with Gasteiger partial charge in [0, 0.05) is 21.9 Å². The van der Waals surface area contributed by atoms with Gasteiger partial charge in [0.2, 0.25) is 0 Å². The molecule has 0 aliphatic heterocycles. The summed E-state index contributed by atoms with van der Waals surface area (Å²) in [7, 11) is 0. The van der Waals surface area contributed by atoms with Gasteiger partial charge in [-0.1, -0.05) is 190 Å². The summed E-state index contributed by atoms with van der Waals surface area (Å²) in [5.74, 6) is 0. The molecule has 0 unspecified atom stereocenters. The summed E-state index contributed by atoms with van der Waals surface area (Å²) in [4.78, 5) is 0. The molecular formula is C56H41N. The third kappa shape index (κ3) is 5.02. The van der Waals surface area contributed by atoms with Gasteiger partial charge in [0.25, 0.3) is 0 Å². The summed E-state index contributed by atoms with van der Waals surface area (Å²) >= 11 is 0. The molecule has 1 heteroatoms. The number of hydrogen-bond donors (Lipinski definition) is 0. The Morgan fingerprint density at radius 1 is 0.368 bits per heavy atom. The number of rotatable bonds is 6. The lowest BCUT2D eigenvalue weighted by molar-refractivity contribution is 0.655. The van der Waals surface area contributed by atoms with Crippen molar-refractivity contribution in [2.24, 2.45) is 0 Å². The van der Waals surface area contributed by atoms with E-state index in [0.29, 0.717) is 0 Å². The van der Waals surface area contributed by atoms with Crippen LogP contribution in [0.25, 0.3) is 60.5 Å². The van der Waals surface area contributed by atoms with Crippen LogP contribution in [0.5, 0.6) is 0 Å². The van der Waals surface area contributed by atoms with Gasteiger partial charge in [-0.05, 0) is 103 Å². The predicted molar refractivity (Wildman–Crippen MR) is 240 cm³/mol. The van der Waals surface area contributed by atoms with Crippen molar-refractivity contribution in [1.29, 1.82) is 0 Å². The molecule has 1 aliphatic carbocycles. The standard InChI is InChI=1S/C56H41N/c1-55(2)51-36-41(40-28-33-54-50(35-40)49-24-14-15-25-53(49)57(54)46-30-26-38-16-12-13-17-39(38)34-46)27-31-47(51)48-32-29-45(37-52(48)55)56(42-18-6-3-7-19-42,43-20-8-4-9-21-43)44-22-10-5-11-23-44/h3-37H,1-2H3. The Bertz CT molecular complexity index is 3040. The largest absolute Gasteiger partial charge is 0.309 e. The molecule has 1 aliphatic rings. The molecular weight excluding hydrogens is 687 g/mol. The molecule has 9 aromatic carbocycles. The van der Waals surface area contributed by atoms with E-state index in [0.717, 1.165) is 0 Å². The van der Waals surface area contributed by atoms with Crippen molar-refractivity contribution < 1.29 is 0 Å². The minimum atomic E-state index is -0.490. The highest BCUT2D eigenvalue weighted by atomic mass is 15.0. The third-order valence-corrected chi connectivity index (χ3v) is 12.7. The fourth-order valence-corrected chi connectivity index (χ4v) is 9.96. The Morgan fingerprint density at radius 3 is 1.58 bits per heavy atom. The zero-order valence-corrected chi connectivity index (χ0v) is 32.2. The number of para-hydroxylation sites is 1. The molecule has 0 amide bonds. The molecule has 0 fully saturated rings. The van der Waals surface area contributed by atoms with E-state index in [1.54, 1.807) is 0 Å². The zero-order chi connectivity index (χ0) is 38.1. The summed E-state index contributed by atoms with van der Waals surface area (Å²) in [5, 5.41) is 5.04. The molecule has 57 heavy (non-hydrogen) atoms. The normalized spacial score (nSPS) is 13.2. The van der Waals surface area contributed by atoms with Crippen LogP contribution in [0, 0.1) is 0 Å². The van der Waals surface area contributed by atoms with Crippen LogP contribution in [0.15, 0.2) is 212 Å². The van der Waals surface area contributed by atoms with E-state index in [1.165, 1.54) is 93.9 Å². The number of fused-ring (bicyclic) bond motifs is 7. The molecule has 0 radical (unpaired) electrons. The maximum Gasteiger partial charge on any atom is 0.0701 e. The van der Waals surface area contributed by atoms with E-state index < -0.39 is 5.41 Å². The van der Waals surface area contributed by atoms with Crippen molar-refractivity contribution in [3.63, 3.8) is 0 Å². The molecule has 10 aromatic rings. The summed E-state index contributed by atoms with van der Waals surface area (Å²) in [6.07, 6.45) is 0. The lowest BCUT2D eigenvalue weighted by atomic mass is 9.64. The van der Waals surface area contributed by atoms with Crippen LogP contribution in [-0.4, -0.2) is 4.57 Å². The SMILES string of the molecule is CC1(C)c2cc(-c3ccc4c(c3)c3ccccc3n4-c3ccc4ccccc4c3)ccc2-c2ccc(C(c3ccccc3)(c3ccccc3)c3ccccc3)cc21. The van der Waals surface area contributed by atoms with E-state index in [4.69, 9.17) is 0 Å². The van der Waals surface area contributed by atoms with E-state index >= 15 is 0 Å². The fourth-order valence-electron chi connectivity index (χ4n) is 9.96. The summed E-state index contributed by atoms with van der Waals surface area (Å²) < 4.78 is 2.42. The van der Waals surface area contributed by atoms with Gasteiger partial charge >= 0.3 is 0 Å². The van der Waals surface area contributed by atoms with Crippen LogP contribution >= 0.6 is 0 Å². The van der Waals surface area contributed by atoms with E-state index in [9.17, 15) is 0 Å². The summed E-state index contributed by atoms with van der Waals surface area (Å²) in [6, 6.07) is 78.7. The van der Waals surface area contributed by atoms with Gasteiger partial charge in [0.1, 0.15) is 0 Å². The van der Waals surface area contributed by atoms with Gasteiger partial charge in [-0.2, -0.15) is 0 Å². The number of benzene rings is 9. The van der Waals surface area contributed by atoms with E-state index in [2.05, 4.69) is 231 Å². The molecule has 270 valence electrons. The highest BCUT2D eigenvalue weighted by Crippen LogP contribution is 2.53. The molecule has 0 saturated heterocycles. The van der Waals surface area contributed by atoms with Gasteiger partial charge < -0.3 is 4.57 Å². The molecule has 0 N–H and O–H groups in total. The first-order chi connectivity index (χ1) is 28.0. The van der Waals surface area contributed by atoms with Crippen molar-refractivity contribution in [1.82, 2.24) is 4.57 Å². The van der Waals surface area contributed by atoms with Crippen LogP contribution in [0.2, 0.25) is 0 Å². The van der Waals surface area contributed by atoms with Crippen LogP contribution in [-0.2, 0) is 10.8 Å². The molecule has 1 aromatic heterocycles. The summed E-state index contributed by atoms with van der Waals surface area (Å²) in [6.45, 7) is 4.81. The van der Waals surface area contributed by atoms with Gasteiger partial charge in [0.15, 0.2) is 0 Å². The quantitative estimate of drug-likeness (QED) is 0.150. The minimum Gasteiger partial charge on any atom is -0.309 e. The second kappa shape index (κ2) is 12.8. The Labute approximate surface area is 334 Å². The topological polar surface area (TPSA) is 4.93 Å². The van der Waals surface area contributed by atoms with Crippen LogP contribution in [0.4, 0.5) is 0 Å². The van der Waals surface area contributed by atoms with E-state index in [-0.39, 0.29) is 5.41 Å². The van der Waals surface area contributed by atoms with Crippen molar-refractivity contribution in [3.8, 4) is 27.9 Å². The average Bonchev–Trinajstić information content (AvgIpc) is 3.72. The predicted octanol–water partition coefficient (Wildman–Crippen LogP) is 14.3. The van der Waals surface area contributed by atoms with Crippen LogP contribution < -0.4 is 0 Å². The highest BCUT2D eigenvalue weighted by Gasteiger charge is 2.42. The van der Waals surface area contributed by atoms with Crippen molar-refractivity contribution in [3.05, 3.63) is 246 Å². The smallest absolute Gasteiger partial charge is 0.0701 e. The first kappa shape index (κ1) is 33.4. The number of hydrogen-bond acceptors (Lipinski definition) is 0. The van der Waals surface area contributed by atoms with Gasteiger partial charge in [-0.25, -0.2) is 0 Å². The second-order valence-electron chi connectivity index (χ2n) is 16.1. The Kier molecular flexibility index (Phi) is 7.50. The van der Waals surface area contributed by atoms with Crippen molar-refractivity contribution in [2.45, 2.75) is 24.7 Å². The van der Waals surface area contributed by atoms with E-state index in [1.807, 2.05) is 0 Å². The summed E-state index contributed by atoms with van der Waals surface area (Å²) in [5.41, 5.74) is 15.8. The molecule has 0 saturated carbocycles. The Hall–Kier alpha value is -6.96. The molecule has 0 atom stereocenters. The van der Waals surface area contributed by atoms with Crippen LogP contribution in [0.1, 0.15) is 47.2 Å². The lowest BCUT2D eigenvalue weighted by Crippen LogP contribution is -2.31. The Morgan fingerprint density at radius 2 is 0.895 bits per heavy atom. The van der Waals surface area contributed by atoms with Crippen molar-refractivity contribution in [2.75, 3.05) is 0 Å². The van der Waals surface area contributed by atoms with Gasteiger partial charge in [0.05, 0.1) is 16.4 Å². The molecule has 0 bridgehead atoms. The third-order valence-electron chi connectivity index (χ3n) is 12.7. The first-order valence-electron chi connectivity index (χ1n) is 20.0. The number of nitrogens with zero attached hydrogens (tertiary/aromatic N) is 1. The molecule has 1 nitrogen and oxygen atoms in total. The lowest BCUT2D eigenvalue weighted by Gasteiger charge is -2.37. The van der Waals surface area contributed by atoms with Gasteiger partial charge in [-0.15, -0.1) is 0 Å². The molecule has 0 spiro atoms. The highest BCUT2D eigenvalue weighted by molar-refractivity contribution is 6.10. The first-order valence-corrected chi connectivity index (χ1v) is 20.0. The Balaban J connectivity index is 1.04. The monoisotopic (exact) mass is 727 g/mol. The van der Waals surface area contributed by atoms with Crippen LogP contribution in [0.3, 0.4) is 0 Å². The van der Waals surface area contributed by atoms with Gasteiger partial charge in [-0.3, -0.25) is 0 Å². The maximum atomic E-state index is 2.51. The fraction of sp³-hybridized carbons (Fsp3) is 0.0714. The zero-order valence-electron chi connectivity index (χ0n) is 32.2. The molecule has 1 heterocycles. The average molecular weight is 728 g/mol. The number of aromatic nitrogens is 1. The maximum absolute atomic E-state index is 2.51. The second-order valence-corrected chi connectivity index (χ2v) is 16.1. The van der Waals surface area contributed by atoms with Crippen molar-refractivity contribution >= 4 is 32.6 Å². The molecule has 11 rings (SSSR count).